The van der Waals surface area contributed by atoms with E-state index in [1.54, 1.807) is 19.1 Å². The van der Waals surface area contributed by atoms with E-state index in [0.29, 0.717) is 5.70 Å². The van der Waals surface area contributed by atoms with Crippen LogP contribution in [-0.2, 0) is 14.3 Å². The van der Waals surface area contributed by atoms with Crippen LogP contribution in [0.25, 0.3) is 11.3 Å². The Balaban J connectivity index is 1.62. The summed E-state index contributed by atoms with van der Waals surface area (Å²) in [6.07, 6.45) is 11.2. The smallest absolute Gasteiger partial charge is 0.341 e. The SMILES string of the molecule is CCOC(=O)C1=C(c2ccccc2)NC(=O)C1=CC=CC=CC=C(c1ccc(N(C)C)cc1)c1ccc(N(C)C)cc1. The van der Waals surface area contributed by atoms with Gasteiger partial charge in [-0.05, 0) is 59.5 Å². The van der Waals surface area contributed by atoms with Crippen molar-refractivity contribution in [3.8, 4) is 0 Å². The van der Waals surface area contributed by atoms with Gasteiger partial charge in [0, 0.05) is 39.6 Å². The van der Waals surface area contributed by atoms with Crippen LogP contribution >= 0.6 is 0 Å². The summed E-state index contributed by atoms with van der Waals surface area (Å²) in [5.74, 6) is -0.867. The Hall–Kier alpha value is -5.10. The number of hydrogen-bond acceptors (Lipinski definition) is 5. The largest absolute Gasteiger partial charge is 0.462 e. The lowest BCUT2D eigenvalue weighted by molar-refractivity contribution is -0.138. The first-order chi connectivity index (χ1) is 20.3. The molecule has 0 aliphatic carbocycles. The Morgan fingerprint density at radius 1 is 0.762 bits per heavy atom. The summed E-state index contributed by atoms with van der Waals surface area (Å²) in [5.41, 5.74) is 7.29. The van der Waals surface area contributed by atoms with Crippen molar-refractivity contribution in [3.63, 3.8) is 0 Å². The van der Waals surface area contributed by atoms with Crippen molar-refractivity contribution in [2.24, 2.45) is 0 Å². The molecule has 1 aliphatic heterocycles. The zero-order chi connectivity index (χ0) is 30.1. The van der Waals surface area contributed by atoms with Gasteiger partial charge in [0.1, 0.15) is 0 Å². The van der Waals surface area contributed by atoms with Gasteiger partial charge in [-0.3, -0.25) is 4.79 Å². The number of ether oxygens (including phenoxy) is 1. The number of nitrogens with zero attached hydrogens (tertiary/aromatic N) is 2. The second kappa shape index (κ2) is 14.0. The number of rotatable bonds is 10. The van der Waals surface area contributed by atoms with Gasteiger partial charge < -0.3 is 19.9 Å². The molecular formula is C36H37N3O3. The maximum absolute atomic E-state index is 12.8. The summed E-state index contributed by atoms with van der Waals surface area (Å²) in [7, 11) is 8.11. The molecule has 0 fully saturated rings. The molecule has 214 valence electrons. The van der Waals surface area contributed by atoms with Gasteiger partial charge in [-0.2, -0.15) is 0 Å². The Labute approximate surface area is 248 Å². The van der Waals surface area contributed by atoms with E-state index in [1.807, 2.05) is 76.8 Å². The lowest BCUT2D eigenvalue weighted by Gasteiger charge is -2.15. The van der Waals surface area contributed by atoms with Crippen molar-refractivity contribution < 1.29 is 14.3 Å². The molecule has 1 heterocycles. The maximum atomic E-state index is 12.8. The molecule has 4 rings (SSSR count). The van der Waals surface area contributed by atoms with Gasteiger partial charge in [0.2, 0.25) is 0 Å². The van der Waals surface area contributed by atoms with E-state index in [0.717, 1.165) is 33.6 Å². The molecule has 6 nitrogen and oxygen atoms in total. The molecular weight excluding hydrogens is 522 g/mol. The number of benzene rings is 3. The zero-order valence-corrected chi connectivity index (χ0v) is 24.8. The van der Waals surface area contributed by atoms with Gasteiger partial charge in [0.15, 0.2) is 0 Å². The molecule has 3 aromatic rings. The zero-order valence-electron chi connectivity index (χ0n) is 24.8. The molecule has 0 bridgehead atoms. The van der Waals surface area contributed by atoms with E-state index >= 15 is 0 Å². The number of allylic oxidation sites excluding steroid dienone is 6. The molecule has 0 unspecified atom stereocenters. The van der Waals surface area contributed by atoms with Crippen LogP contribution in [0.4, 0.5) is 11.4 Å². The van der Waals surface area contributed by atoms with Gasteiger partial charge in [0.05, 0.1) is 23.5 Å². The molecule has 42 heavy (non-hydrogen) atoms. The van der Waals surface area contributed by atoms with E-state index in [4.69, 9.17) is 4.74 Å². The third-order valence-electron chi connectivity index (χ3n) is 6.79. The monoisotopic (exact) mass is 559 g/mol. The fraction of sp³-hybridized carbons (Fsp3) is 0.167. The summed E-state index contributed by atoms with van der Waals surface area (Å²) in [6, 6.07) is 26.2. The van der Waals surface area contributed by atoms with E-state index in [1.165, 1.54) is 0 Å². The molecule has 0 aromatic heterocycles. The highest BCUT2D eigenvalue weighted by atomic mass is 16.5. The van der Waals surface area contributed by atoms with E-state index < -0.39 is 5.97 Å². The van der Waals surface area contributed by atoms with Crippen molar-refractivity contribution >= 4 is 34.5 Å². The van der Waals surface area contributed by atoms with Crippen LogP contribution in [0, 0.1) is 0 Å². The third-order valence-corrected chi connectivity index (χ3v) is 6.79. The summed E-state index contributed by atoms with van der Waals surface area (Å²) in [6.45, 7) is 1.96. The molecule has 0 radical (unpaired) electrons. The summed E-state index contributed by atoms with van der Waals surface area (Å²) < 4.78 is 5.27. The first kappa shape index (κ1) is 29.9. The first-order valence-electron chi connectivity index (χ1n) is 13.9. The van der Waals surface area contributed by atoms with Crippen LogP contribution < -0.4 is 15.1 Å². The summed E-state index contributed by atoms with van der Waals surface area (Å²) in [4.78, 5) is 29.8. The number of esters is 1. The van der Waals surface area contributed by atoms with Crippen LogP contribution in [0.1, 0.15) is 23.6 Å². The molecule has 1 amide bonds. The topological polar surface area (TPSA) is 61.9 Å². The maximum Gasteiger partial charge on any atom is 0.341 e. The van der Waals surface area contributed by atoms with Gasteiger partial charge in [-0.15, -0.1) is 0 Å². The molecule has 1 aliphatic rings. The van der Waals surface area contributed by atoms with Crippen molar-refractivity contribution in [1.29, 1.82) is 0 Å². The highest BCUT2D eigenvalue weighted by Crippen LogP contribution is 2.30. The lowest BCUT2D eigenvalue weighted by Crippen LogP contribution is -2.15. The number of carbonyl (C=O) groups is 2. The third kappa shape index (κ3) is 7.15. The van der Waals surface area contributed by atoms with Crippen LogP contribution in [-0.4, -0.2) is 46.7 Å². The second-order valence-electron chi connectivity index (χ2n) is 10.1. The Morgan fingerprint density at radius 2 is 1.31 bits per heavy atom. The minimum Gasteiger partial charge on any atom is -0.462 e. The number of carbonyl (C=O) groups excluding carboxylic acids is 2. The predicted octanol–water partition coefficient (Wildman–Crippen LogP) is 6.39. The van der Waals surface area contributed by atoms with Crippen molar-refractivity contribution in [2.75, 3.05) is 44.6 Å². The Bertz CT molecular complexity index is 1500. The van der Waals surface area contributed by atoms with Crippen molar-refractivity contribution in [1.82, 2.24) is 5.32 Å². The summed E-state index contributed by atoms with van der Waals surface area (Å²) >= 11 is 0. The molecule has 3 aromatic carbocycles. The molecule has 1 N–H and O–H groups in total. The van der Waals surface area contributed by atoms with E-state index in [9.17, 15) is 9.59 Å². The van der Waals surface area contributed by atoms with Gasteiger partial charge in [-0.25, -0.2) is 4.79 Å². The standard InChI is InChI=1S/C36H37N3O3/c1-6-42-36(41)33-32(35(40)37-34(33)28-14-10-9-11-15-28)17-13-8-7-12-16-31(26-18-22-29(23-19-26)38(2)3)27-20-24-30(25-21-27)39(4)5/h7-25H,6H2,1-5H3,(H,37,40). The Kier molecular flexibility index (Phi) is 9.95. The highest BCUT2D eigenvalue weighted by Gasteiger charge is 2.33. The number of anilines is 2. The van der Waals surface area contributed by atoms with Crippen LogP contribution in [0.15, 0.2) is 126 Å². The van der Waals surface area contributed by atoms with Crippen molar-refractivity contribution in [2.45, 2.75) is 6.92 Å². The number of hydrogen-bond donors (Lipinski definition) is 1. The minimum absolute atomic E-state index is 0.217. The molecule has 0 saturated carbocycles. The van der Waals surface area contributed by atoms with Crippen LogP contribution in [0.5, 0.6) is 0 Å². The molecule has 0 spiro atoms. The Morgan fingerprint density at radius 3 is 1.83 bits per heavy atom. The average molecular weight is 560 g/mol. The minimum atomic E-state index is -0.530. The predicted molar refractivity (Wildman–Crippen MR) is 173 cm³/mol. The van der Waals surface area contributed by atoms with Gasteiger partial charge >= 0.3 is 5.97 Å². The molecule has 0 saturated heterocycles. The lowest BCUT2D eigenvalue weighted by atomic mass is 9.96. The van der Waals surface area contributed by atoms with Crippen LogP contribution in [0.2, 0.25) is 0 Å². The quantitative estimate of drug-likeness (QED) is 0.177. The molecule has 0 atom stereocenters. The molecule has 6 heteroatoms. The van der Waals surface area contributed by atoms with Gasteiger partial charge in [-0.1, -0.05) is 85.0 Å². The normalized spacial score (nSPS) is 14.0. The number of nitrogens with one attached hydrogen (secondary N) is 1. The van der Waals surface area contributed by atoms with Gasteiger partial charge in [0.25, 0.3) is 5.91 Å². The van der Waals surface area contributed by atoms with E-state index in [2.05, 4.69) is 69.7 Å². The fourth-order valence-electron chi connectivity index (χ4n) is 4.56. The second-order valence-corrected chi connectivity index (χ2v) is 10.1. The summed E-state index contributed by atoms with van der Waals surface area (Å²) in [5, 5.41) is 2.84. The van der Waals surface area contributed by atoms with Crippen molar-refractivity contribution in [3.05, 3.63) is 143 Å². The highest BCUT2D eigenvalue weighted by molar-refractivity contribution is 6.21. The number of amides is 1. The van der Waals surface area contributed by atoms with Crippen LogP contribution in [0.3, 0.4) is 0 Å². The average Bonchev–Trinajstić information content (AvgIpc) is 3.33. The fourth-order valence-corrected chi connectivity index (χ4v) is 4.56. The first-order valence-corrected chi connectivity index (χ1v) is 13.9. The van der Waals surface area contributed by atoms with E-state index in [-0.39, 0.29) is 23.7 Å².